The molecule has 2 N–H and O–H groups in total. The Morgan fingerprint density at radius 3 is 2.89 bits per heavy atom. The van der Waals surface area contributed by atoms with E-state index in [0.29, 0.717) is 17.9 Å². The van der Waals surface area contributed by atoms with Crippen LogP contribution in [0.2, 0.25) is 0 Å². The quantitative estimate of drug-likeness (QED) is 0.768. The maximum atomic E-state index is 11.9. The van der Waals surface area contributed by atoms with Gasteiger partial charge in [0.25, 0.3) is 0 Å². The summed E-state index contributed by atoms with van der Waals surface area (Å²) in [6, 6.07) is 0.264. The van der Waals surface area contributed by atoms with Gasteiger partial charge in [-0.25, -0.2) is 4.79 Å². The highest BCUT2D eigenvalue weighted by Crippen LogP contribution is 2.26. The molecule has 19 heavy (non-hydrogen) atoms. The van der Waals surface area contributed by atoms with Crippen LogP contribution in [0.15, 0.2) is 12.2 Å². The lowest BCUT2D eigenvalue weighted by Crippen LogP contribution is -2.45. The molecular weight excluding hydrogens is 240 g/mol. The third-order valence-corrected chi connectivity index (χ3v) is 4.05. The second kappa shape index (κ2) is 6.94. The lowest BCUT2D eigenvalue weighted by molar-refractivity contribution is 0.0545. The van der Waals surface area contributed by atoms with Gasteiger partial charge in [0.2, 0.25) is 0 Å². The van der Waals surface area contributed by atoms with Gasteiger partial charge in [0.05, 0.1) is 6.10 Å². The highest BCUT2D eigenvalue weighted by Gasteiger charge is 2.30. The number of nitrogens with one attached hydrogen (secondary N) is 2. The number of carbonyl (C=O) groups is 1. The van der Waals surface area contributed by atoms with E-state index in [1.54, 1.807) is 0 Å². The smallest absolute Gasteiger partial charge is 0.315 e. The molecule has 0 aromatic rings. The summed E-state index contributed by atoms with van der Waals surface area (Å²) in [5.41, 5.74) is 0. The monoisotopic (exact) mass is 266 g/mol. The molecule has 1 aliphatic carbocycles. The molecule has 0 bridgehead atoms. The van der Waals surface area contributed by atoms with Crippen molar-refractivity contribution in [1.82, 2.24) is 10.6 Å². The molecule has 3 atom stereocenters. The van der Waals surface area contributed by atoms with Crippen LogP contribution >= 0.6 is 0 Å². The van der Waals surface area contributed by atoms with E-state index in [4.69, 9.17) is 4.74 Å². The molecule has 4 heteroatoms. The Morgan fingerprint density at radius 1 is 1.37 bits per heavy atom. The molecule has 0 aromatic carbocycles. The van der Waals surface area contributed by atoms with Gasteiger partial charge in [0, 0.05) is 25.1 Å². The first kappa shape index (κ1) is 14.4. The van der Waals surface area contributed by atoms with Gasteiger partial charge in [0.1, 0.15) is 0 Å². The molecule has 108 valence electrons. The average molecular weight is 266 g/mol. The molecule has 4 nitrogen and oxygen atoms in total. The van der Waals surface area contributed by atoms with E-state index >= 15 is 0 Å². The van der Waals surface area contributed by atoms with Crippen molar-refractivity contribution >= 4 is 6.03 Å². The second-order valence-corrected chi connectivity index (χ2v) is 5.96. The van der Waals surface area contributed by atoms with Gasteiger partial charge in [-0.2, -0.15) is 0 Å². The van der Waals surface area contributed by atoms with E-state index in [2.05, 4.69) is 36.6 Å². The molecule has 1 heterocycles. The number of ether oxygens (including phenoxy) is 1. The minimum absolute atomic E-state index is 0.0327. The van der Waals surface area contributed by atoms with Crippen molar-refractivity contribution in [3.05, 3.63) is 12.2 Å². The van der Waals surface area contributed by atoms with E-state index in [-0.39, 0.29) is 12.1 Å². The predicted molar refractivity (Wildman–Crippen MR) is 76.0 cm³/mol. The summed E-state index contributed by atoms with van der Waals surface area (Å²) in [5.74, 6) is 0.970. The number of rotatable bonds is 4. The average Bonchev–Trinajstić information content (AvgIpc) is 2.86. The number of hydrogen-bond acceptors (Lipinski definition) is 2. The summed E-state index contributed by atoms with van der Waals surface area (Å²) in [4.78, 5) is 11.9. The molecule has 0 spiro atoms. The second-order valence-electron chi connectivity index (χ2n) is 5.96. The van der Waals surface area contributed by atoms with Crippen molar-refractivity contribution in [3.63, 3.8) is 0 Å². The summed E-state index contributed by atoms with van der Waals surface area (Å²) in [6.07, 6.45) is 8.73. The van der Waals surface area contributed by atoms with Crippen LogP contribution in [0, 0.1) is 11.8 Å². The van der Waals surface area contributed by atoms with E-state index in [1.165, 1.54) is 0 Å². The van der Waals surface area contributed by atoms with Crippen LogP contribution < -0.4 is 10.6 Å². The first-order valence-corrected chi connectivity index (χ1v) is 7.47. The fraction of sp³-hybridized carbons (Fsp3) is 0.800. The maximum absolute atomic E-state index is 11.9. The normalized spacial score (nSPS) is 30.6. The van der Waals surface area contributed by atoms with Crippen LogP contribution in [0.25, 0.3) is 0 Å². The zero-order valence-corrected chi connectivity index (χ0v) is 12.0. The Hall–Kier alpha value is -1.03. The Morgan fingerprint density at radius 2 is 2.21 bits per heavy atom. The summed E-state index contributed by atoms with van der Waals surface area (Å²) in [6.45, 7) is 5.90. The molecule has 0 radical (unpaired) electrons. The molecule has 2 rings (SSSR count). The third-order valence-electron chi connectivity index (χ3n) is 4.05. The number of carbonyl (C=O) groups excluding carboxylic acids is 1. The molecular formula is C15H26N2O2. The Kier molecular flexibility index (Phi) is 5.25. The SMILES string of the molecule is CC(C)[C@H]1OCC[C@@H]1CNC(=O)N[C@H]1CC=CCC1. The van der Waals surface area contributed by atoms with Gasteiger partial charge in [-0.15, -0.1) is 0 Å². The molecule has 1 aliphatic heterocycles. The molecule has 2 amide bonds. The highest BCUT2D eigenvalue weighted by atomic mass is 16.5. The van der Waals surface area contributed by atoms with Gasteiger partial charge in [-0.3, -0.25) is 0 Å². The van der Waals surface area contributed by atoms with Gasteiger partial charge < -0.3 is 15.4 Å². The first-order valence-electron chi connectivity index (χ1n) is 7.47. The van der Waals surface area contributed by atoms with Crippen molar-refractivity contribution in [3.8, 4) is 0 Å². The van der Waals surface area contributed by atoms with Gasteiger partial charge in [-0.05, 0) is 31.6 Å². The van der Waals surface area contributed by atoms with Crippen LogP contribution in [0.5, 0.6) is 0 Å². The van der Waals surface area contributed by atoms with Gasteiger partial charge in [-0.1, -0.05) is 26.0 Å². The van der Waals surface area contributed by atoms with E-state index < -0.39 is 0 Å². The minimum Gasteiger partial charge on any atom is -0.378 e. The van der Waals surface area contributed by atoms with Gasteiger partial charge in [0.15, 0.2) is 0 Å². The zero-order chi connectivity index (χ0) is 13.7. The highest BCUT2D eigenvalue weighted by molar-refractivity contribution is 5.74. The number of amides is 2. The van der Waals surface area contributed by atoms with Crippen LogP contribution in [0.3, 0.4) is 0 Å². The predicted octanol–water partition coefficient (Wildman–Crippen LogP) is 2.46. The van der Waals surface area contributed by atoms with E-state index in [0.717, 1.165) is 38.8 Å². The summed E-state index contributed by atoms with van der Waals surface area (Å²) in [5, 5.41) is 6.05. The fourth-order valence-electron chi connectivity index (χ4n) is 3.00. The minimum atomic E-state index is -0.0327. The van der Waals surface area contributed by atoms with Crippen molar-refractivity contribution in [1.29, 1.82) is 0 Å². The van der Waals surface area contributed by atoms with Gasteiger partial charge >= 0.3 is 6.03 Å². The molecule has 1 saturated heterocycles. The summed E-state index contributed by atoms with van der Waals surface area (Å²) in [7, 11) is 0. The largest absolute Gasteiger partial charge is 0.378 e. The molecule has 1 fully saturated rings. The van der Waals surface area contributed by atoms with Crippen LogP contribution in [-0.2, 0) is 4.74 Å². The maximum Gasteiger partial charge on any atom is 0.315 e. The Bertz CT molecular complexity index is 328. The Labute approximate surface area is 116 Å². The zero-order valence-electron chi connectivity index (χ0n) is 12.0. The third kappa shape index (κ3) is 4.23. The van der Waals surface area contributed by atoms with Crippen molar-refractivity contribution in [2.75, 3.05) is 13.2 Å². The van der Waals surface area contributed by atoms with Crippen LogP contribution in [0.4, 0.5) is 4.79 Å². The molecule has 0 saturated carbocycles. The molecule has 0 aromatic heterocycles. The van der Waals surface area contributed by atoms with E-state index in [1.807, 2.05) is 0 Å². The van der Waals surface area contributed by atoms with Crippen LogP contribution in [0.1, 0.15) is 39.5 Å². The lowest BCUT2D eigenvalue weighted by Gasteiger charge is -2.24. The fourth-order valence-corrected chi connectivity index (χ4v) is 3.00. The summed E-state index contributed by atoms with van der Waals surface area (Å²) < 4.78 is 5.73. The number of urea groups is 1. The standard InChI is InChI=1S/C15H26N2O2/c1-11(2)14-12(8-9-19-14)10-16-15(18)17-13-6-4-3-5-7-13/h3-4,11-14H,5-10H2,1-2H3,(H2,16,17,18)/t12-,13+,14-/m1/s1. The van der Waals surface area contributed by atoms with Crippen molar-refractivity contribution < 1.29 is 9.53 Å². The molecule has 2 aliphatic rings. The van der Waals surface area contributed by atoms with E-state index in [9.17, 15) is 4.79 Å². The number of allylic oxidation sites excluding steroid dienone is 1. The number of hydrogen-bond donors (Lipinski definition) is 2. The van der Waals surface area contributed by atoms with Crippen molar-refractivity contribution in [2.45, 2.75) is 51.7 Å². The summed E-state index contributed by atoms with van der Waals surface area (Å²) >= 11 is 0. The Balaban J connectivity index is 1.69. The van der Waals surface area contributed by atoms with Crippen LogP contribution in [-0.4, -0.2) is 31.3 Å². The topological polar surface area (TPSA) is 50.4 Å². The lowest BCUT2D eigenvalue weighted by atomic mass is 9.93. The molecule has 0 unspecified atom stereocenters. The van der Waals surface area contributed by atoms with Crippen molar-refractivity contribution in [2.24, 2.45) is 11.8 Å². The first-order chi connectivity index (χ1) is 9.16.